The lowest BCUT2D eigenvalue weighted by molar-refractivity contribution is -0.151. The van der Waals surface area contributed by atoms with E-state index in [-0.39, 0.29) is 22.5 Å². The van der Waals surface area contributed by atoms with Crippen LogP contribution in [0.3, 0.4) is 0 Å². The smallest absolute Gasteiger partial charge is 0.326 e. The summed E-state index contributed by atoms with van der Waals surface area (Å²) in [4.78, 5) is 42.0. The predicted octanol–water partition coefficient (Wildman–Crippen LogP) is 5.80. The van der Waals surface area contributed by atoms with Crippen LogP contribution in [0.25, 0.3) is 10.8 Å². The molecule has 2 fully saturated rings. The summed E-state index contributed by atoms with van der Waals surface area (Å²) < 4.78 is 19.6. The molecule has 1 heterocycles. The Bertz CT molecular complexity index is 1440. The first kappa shape index (κ1) is 24.8. The summed E-state index contributed by atoms with van der Waals surface area (Å²) in [6.45, 7) is 5.53. The molecule has 5 nitrogen and oxygen atoms in total. The number of carbonyl (C=O) groups is 3. The number of carbonyl (C=O) groups excluding carboxylic acids is 3. The highest BCUT2D eigenvalue weighted by atomic mass is 79.9. The van der Waals surface area contributed by atoms with Crippen LogP contribution in [0.2, 0.25) is 0 Å². The molecule has 1 saturated carbocycles. The lowest BCUT2D eigenvalue weighted by Gasteiger charge is -2.39. The fourth-order valence-electron chi connectivity index (χ4n) is 6.89. The van der Waals surface area contributed by atoms with Crippen LogP contribution >= 0.6 is 15.9 Å². The number of rotatable bonds is 4. The number of fused-ring (bicyclic) bond motifs is 2. The van der Waals surface area contributed by atoms with E-state index in [0.29, 0.717) is 11.1 Å². The minimum atomic E-state index is -1.59. The molecule has 4 atom stereocenters. The number of nitrogens with one attached hydrogen (secondary N) is 1. The standard InChI is InChI=1S/C29H27BrFNO4/c1-27(2)15-22(33)29(24(34)19-10-9-16-7-5-6-8-17(16)13-19)23(18-11-12-21(31)20(30)14-18)32-28(3,25(27)29)26(35)36-4/h5-14,23,25,32H,15H2,1-4H3/t23-,25?,28-,29+/m0/s1. The Morgan fingerprint density at radius 1 is 1.03 bits per heavy atom. The average Bonchev–Trinajstić information content (AvgIpc) is 3.28. The molecule has 36 heavy (non-hydrogen) atoms. The normalized spacial score (nSPS) is 28.8. The third-order valence-corrected chi connectivity index (χ3v) is 8.67. The first-order valence-electron chi connectivity index (χ1n) is 11.8. The van der Waals surface area contributed by atoms with Gasteiger partial charge in [-0.3, -0.25) is 19.7 Å². The maximum Gasteiger partial charge on any atom is 0.326 e. The zero-order valence-electron chi connectivity index (χ0n) is 20.5. The van der Waals surface area contributed by atoms with E-state index in [9.17, 15) is 18.8 Å². The van der Waals surface area contributed by atoms with Crippen LogP contribution < -0.4 is 5.32 Å². The van der Waals surface area contributed by atoms with Gasteiger partial charge < -0.3 is 4.74 Å². The van der Waals surface area contributed by atoms with Gasteiger partial charge in [0.25, 0.3) is 0 Å². The molecule has 1 unspecified atom stereocenters. The van der Waals surface area contributed by atoms with Gasteiger partial charge in [0.2, 0.25) is 0 Å². The minimum Gasteiger partial charge on any atom is -0.468 e. The second-order valence-electron chi connectivity index (χ2n) is 10.7. The highest BCUT2D eigenvalue weighted by molar-refractivity contribution is 9.10. The first-order chi connectivity index (χ1) is 17.0. The molecule has 2 aliphatic rings. The summed E-state index contributed by atoms with van der Waals surface area (Å²) in [5, 5.41) is 5.19. The van der Waals surface area contributed by atoms with E-state index in [1.165, 1.54) is 13.2 Å². The number of methoxy groups -OCH3 is 1. The van der Waals surface area contributed by atoms with Gasteiger partial charge in [-0.05, 0) is 62.8 Å². The third kappa shape index (κ3) is 3.32. The zero-order chi connectivity index (χ0) is 26.0. The quantitative estimate of drug-likeness (QED) is 0.252. The summed E-state index contributed by atoms with van der Waals surface area (Å²) in [5.74, 6) is -2.29. The zero-order valence-corrected chi connectivity index (χ0v) is 22.1. The summed E-state index contributed by atoms with van der Waals surface area (Å²) in [5.41, 5.74) is -2.67. The Balaban J connectivity index is 1.79. The van der Waals surface area contributed by atoms with E-state index in [1.54, 1.807) is 31.2 Å². The molecule has 0 radical (unpaired) electrons. The first-order valence-corrected chi connectivity index (χ1v) is 12.6. The van der Waals surface area contributed by atoms with Gasteiger partial charge in [-0.1, -0.05) is 56.3 Å². The van der Waals surface area contributed by atoms with E-state index >= 15 is 0 Å². The van der Waals surface area contributed by atoms with Crippen LogP contribution in [0.4, 0.5) is 4.39 Å². The summed E-state index contributed by atoms with van der Waals surface area (Å²) in [6.07, 6.45) is 0.129. The van der Waals surface area contributed by atoms with E-state index in [0.717, 1.165) is 10.8 Å². The van der Waals surface area contributed by atoms with Crippen molar-refractivity contribution >= 4 is 44.2 Å². The van der Waals surface area contributed by atoms with Crippen molar-refractivity contribution in [3.05, 3.63) is 82.1 Å². The molecular weight excluding hydrogens is 525 g/mol. The molecule has 7 heteroatoms. The lowest BCUT2D eigenvalue weighted by Crippen LogP contribution is -2.55. The monoisotopic (exact) mass is 551 g/mol. The van der Waals surface area contributed by atoms with Crippen LogP contribution in [-0.2, 0) is 14.3 Å². The van der Waals surface area contributed by atoms with Crippen LogP contribution in [0.1, 0.15) is 49.2 Å². The molecule has 0 aromatic heterocycles. The number of ketones is 2. The minimum absolute atomic E-state index is 0.129. The predicted molar refractivity (Wildman–Crippen MR) is 138 cm³/mol. The molecular formula is C29H27BrFNO4. The van der Waals surface area contributed by atoms with Crippen molar-refractivity contribution in [2.45, 2.75) is 38.8 Å². The second kappa shape index (κ2) is 8.32. The van der Waals surface area contributed by atoms with Gasteiger partial charge in [0.15, 0.2) is 5.78 Å². The van der Waals surface area contributed by atoms with Crippen molar-refractivity contribution in [3.8, 4) is 0 Å². The molecule has 1 aliphatic heterocycles. The Kier molecular flexibility index (Phi) is 5.72. The van der Waals surface area contributed by atoms with Crippen molar-refractivity contribution in [3.63, 3.8) is 0 Å². The topological polar surface area (TPSA) is 72.5 Å². The molecule has 3 aromatic carbocycles. The lowest BCUT2D eigenvalue weighted by atomic mass is 9.59. The van der Waals surface area contributed by atoms with Crippen molar-refractivity contribution in [1.82, 2.24) is 5.32 Å². The third-order valence-electron chi connectivity index (χ3n) is 8.07. The number of hydrogen-bond donors (Lipinski definition) is 1. The molecule has 1 aliphatic carbocycles. The Morgan fingerprint density at radius 2 is 1.72 bits per heavy atom. The summed E-state index contributed by atoms with van der Waals surface area (Å²) in [7, 11) is 1.30. The SMILES string of the molecule is COC(=O)[C@@]1(C)N[C@@H](c2ccc(F)c(Br)c2)[C@@]2(C(=O)c3ccc4ccccc4c3)C(=O)CC(C)(C)C21. The molecule has 0 amide bonds. The maximum absolute atomic E-state index is 14.6. The van der Waals surface area contributed by atoms with Crippen LogP contribution in [-0.4, -0.2) is 30.2 Å². The maximum atomic E-state index is 14.6. The van der Waals surface area contributed by atoms with Gasteiger partial charge in [-0.25, -0.2) is 4.39 Å². The van der Waals surface area contributed by atoms with Gasteiger partial charge in [-0.2, -0.15) is 0 Å². The van der Waals surface area contributed by atoms with Crippen molar-refractivity contribution in [2.75, 3.05) is 7.11 Å². The molecule has 5 rings (SSSR count). The highest BCUT2D eigenvalue weighted by Gasteiger charge is 2.77. The molecule has 1 saturated heterocycles. The molecule has 1 N–H and O–H groups in total. The van der Waals surface area contributed by atoms with Crippen molar-refractivity contribution in [2.24, 2.45) is 16.7 Å². The van der Waals surface area contributed by atoms with Crippen molar-refractivity contribution in [1.29, 1.82) is 0 Å². The van der Waals surface area contributed by atoms with Gasteiger partial charge >= 0.3 is 5.97 Å². The van der Waals surface area contributed by atoms with Gasteiger partial charge in [0, 0.05) is 17.9 Å². The Morgan fingerprint density at radius 3 is 2.39 bits per heavy atom. The largest absolute Gasteiger partial charge is 0.468 e. The molecule has 0 bridgehead atoms. The van der Waals surface area contributed by atoms with E-state index in [1.807, 2.05) is 44.2 Å². The fraction of sp³-hybridized carbons (Fsp3) is 0.345. The Hall–Kier alpha value is -2.90. The van der Waals surface area contributed by atoms with Crippen molar-refractivity contribution < 1.29 is 23.5 Å². The average molecular weight is 552 g/mol. The number of Topliss-reactive ketones (excluding diaryl/α,β-unsaturated/α-hetero) is 2. The van der Waals surface area contributed by atoms with Gasteiger partial charge in [-0.15, -0.1) is 0 Å². The van der Waals surface area contributed by atoms with E-state index in [2.05, 4.69) is 21.2 Å². The Labute approximate surface area is 217 Å². The molecule has 186 valence electrons. The summed E-state index contributed by atoms with van der Waals surface area (Å²) >= 11 is 3.24. The number of ether oxygens (including phenoxy) is 1. The second-order valence-corrected chi connectivity index (χ2v) is 11.6. The van der Waals surface area contributed by atoms with Crippen LogP contribution in [0, 0.1) is 22.6 Å². The fourth-order valence-corrected chi connectivity index (χ4v) is 7.28. The molecule has 0 spiro atoms. The highest BCUT2D eigenvalue weighted by Crippen LogP contribution is 2.66. The number of halogens is 2. The molecule has 3 aromatic rings. The summed E-state index contributed by atoms with van der Waals surface area (Å²) in [6, 6.07) is 16.7. The number of esters is 1. The number of hydrogen-bond acceptors (Lipinski definition) is 5. The van der Waals surface area contributed by atoms with Crippen LogP contribution in [0.15, 0.2) is 65.1 Å². The van der Waals surface area contributed by atoms with E-state index < -0.39 is 40.1 Å². The van der Waals surface area contributed by atoms with Gasteiger partial charge in [0.05, 0.1) is 17.6 Å². The van der Waals surface area contributed by atoms with E-state index in [4.69, 9.17) is 4.74 Å². The van der Waals surface area contributed by atoms with Crippen LogP contribution in [0.5, 0.6) is 0 Å². The van der Waals surface area contributed by atoms with Gasteiger partial charge in [0.1, 0.15) is 22.6 Å². The number of benzene rings is 3.